The van der Waals surface area contributed by atoms with Crippen molar-refractivity contribution in [2.24, 2.45) is 0 Å². The number of β-amino-alcohol motifs (C(OH)–C–C–N with tert-alkyl or cyclic N) is 1. The normalized spacial score (nSPS) is 24.1. The first-order chi connectivity index (χ1) is 7.89. The van der Waals surface area contributed by atoms with Crippen molar-refractivity contribution in [2.45, 2.75) is 32.8 Å². The number of hydrogen-bond donors (Lipinski definition) is 1. The van der Waals surface area contributed by atoms with Crippen LogP contribution < -0.4 is 0 Å². The lowest BCUT2D eigenvalue weighted by atomic mass is 10.1. The number of aromatic nitrogens is 2. The second-order valence-corrected chi connectivity index (χ2v) is 4.96. The van der Waals surface area contributed by atoms with E-state index < -0.39 is 5.60 Å². The van der Waals surface area contributed by atoms with Crippen molar-refractivity contribution in [1.29, 1.82) is 0 Å². The highest BCUT2D eigenvalue weighted by molar-refractivity contribution is 5.95. The Morgan fingerprint density at radius 1 is 1.47 bits per heavy atom. The van der Waals surface area contributed by atoms with Crippen LogP contribution in [-0.4, -0.2) is 44.8 Å². The van der Waals surface area contributed by atoms with Crippen molar-refractivity contribution < 1.29 is 9.90 Å². The molecule has 1 aromatic rings. The van der Waals surface area contributed by atoms with E-state index in [9.17, 15) is 9.90 Å². The van der Waals surface area contributed by atoms with Crippen molar-refractivity contribution in [3.63, 3.8) is 0 Å². The number of aryl methyl sites for hydroxylation is 2. The minimum absolute atomic E-state index is 0.0710. The molecular formula is C12H17N3O2. The van der Waals surface area contributed by atoms with Crippen LogP contribution in [0.5, 0.6) is 0 Å². The lowest BCUT2D eigenvalue weighted by Crippen LogP contribution is -2.34. The van der Waals surface area contributed by atoms with Crippen molar-refractivity contribution in [3.8, 4) is 0 Å². The van der Waals surface area contributed by atoms with Gasteiger partial charge < -0.3 is 10.0 Å². The van der Waals surface area contributed by atoms with Crippen LogP contribution in [0.2, 0.25) is 0 Å². The Balaban J connectivity index is 2.23. The van der Waals surface area contributed by atoms with Gasteiger partial charge in [0.05, 0.1) is 22.6 Å². The predicted molar refractivity (Wildman–Crippen MR) is 62.7 cm³/mol. The van der Waals surface area contributed by atoms with E-state index in [1.165, 1.54) is 0 Å². The van der Waals surface area contributed by atoms with E-state index in [0.717, 1.165) is 5.69 Å². The topological polar surface area (TPSA) is 66.3 Å². The van der Waals surface area contributed by atoms with Crippen molar-refractivity contribution in [1.82, 2.24) is 15.1 Å². The third-order valence-electron chi connectivity index (χ3n) is 3.07. The Morgan fingerprint density at radius 2 is 2.18 bits per heavy atom. The molecule has 2 rings (SSSR count). The Labute approximate surface area is 100 Å². The van der Waals surface area contributed by atoms with Gasteiger partial charge in [-0.05, 0) is 33.3 Å². The molecule has 1 unspecified atom stereocenters. The van der Waals surface area contributed by atoms with Gasteiger partial charge in [-0.25, -0.2) is 0 Å². The summed E-state index contributed by atoms with van der Waals surface area (Å²) in [5.74, 6) is -0.0710. The Kier molecular flexibility index (Phi) is 2.87. The van der Waals surface area contributed by atoms with Gasteiger partial charge in [-0.2, -0.15) is 10.2 Å². The van der Waals surface area contributed by atoms with Crippen LogP contribution in [0, 0.1) is 13.8 Å². The second-order valence-electron chi connectivity index (χ2n) is 4.96. The third-order valence-corrected chi connectivity index (χ3v) is 3.07. The van der Waals surface area contributed by atoms with Crippen molar-refractivity contribution in [3.05, 3.63) is 23.0 Å². The highest BCUT2D eigenvalue weighted by Crippen LogP contribution is 2.22. The van der Waals surface area contributed by atoms with Crippen LogP contribution in [-0.2, 0) is 0 Å². The molecule has 0 saturated carbocycles. The smallest absolute Gasteiger partial charge is 0.255 e. The van der Waals surface area contributed by atoms with Crippen LogP contribution in [0.15, 0.2) is 6.07 Å². The van der Waals surface area contributed by atoms with E-state index in [2.05, 4.69) is 10.2 Å². The molecule has 0 aliphatic carbocycles. The van der Waals surface area contributed by atoms with Gasteiger partial charge in [0.25, 0.3) is 5.91 Å². The fourth-order valence-electron chi connectivity index (χ4n) is 2.06. The summed E-state index contributed by atoms with van der Waals surface area (Å²) in [6, 6.07) is 1.75. The lowest BCUT2D eigenvalue weighted by Gasteiger charge is -2.19. The molecule has 1 atom stereocenters. The van der Waals surface area contributed by atoms with Gasteiger partial charge in [0.2, 0.25) is 0 Å². The number of hydrogen-bond acceptors (Lipinski definition) is 4. The molecule has 1 aliphatic rings. The van der Waals surface area contributed by atoms with Gasteiger partial charge in [-0.15, -0.1) is 0 Å². The van der Waals surface area contributed by atoms with Gasteiger partial charge in [-0.3, -0.25) is 4.79 Å². The van der Waals surface area contributed by atoms with Gasteiger partial charge in [0, 0.05) is 13.1 Å². The predicted octanol–water partition coefficient (Wildman–Crippen LogP) is 0.690. The molecule has 17 heavy (non-hydrogen) atoms. The van der Waals surface area contributed by atoms with E-state index in [-0.39, 0.29) is 5.91 Å². The van der Waals surface area contributed by atoms with Crippen molar-refractivity contribution in [2.75, 3.05) is 13.1 Å². The molecule has 5 heteroatoms. The summed E-state index contributed by atoms with van der Waals surface area (Å²) in [4.78, 5) is 13.9. The number of amides is 1. The van der Waals surface area contributed by atoms with Crippen LogP contribution >= 0.6 is 0 Å². The van der Waals surface area contributed by atoms with E-state index in [1.807, 2.05) is 6.92 Å². The molecule has 1 fully saturated rings. The van der Waals surface area contributed by atoms with E-state index >= 15 is 0 Å². The number of nitrogens with zero attached hydrogens (tertiary/aromatic N) is 3. The fourth-order valence-corrected chi connectivity index (χ4v) is 2.06. The lowest BCUT2D eigenvalue weighted by molar-refractivity contribution is 0.0571. The molecule has 1 aromatic heterocycles. The number of carbonyl (C=O) groups excluding carboxylic acids is 1. The minimum Gasteiger partial charge on any atom is -0.388 e. The molecular weight excluding hydrogens is 218 g/mol. The van der Waals surface area contributed by atoms with Gasteiger partial charge >= 0.3 is 0 Å². The molecule has 0 radical (unpaired) electrons. The maximum Gasteiger partial charge on any atom is 0.255 e. The number of likely N-dealkylation sites (tertiary alicyclic amines) is 1. The SMILES string of the molecule is Cc1cc(C(=O)N2CCC(C)(O)C2)c(C)nn1. The molecule has 2 heterocycles. The summed E-state index contributed by atoms with van der Waals surface area (Å²) in [5.41, 5.74) is 1.17. The zero-order valence-electron chi connectivity index (χ0n) is 10.4. The van der Waals surface area contributed by atoms with E-state index in [4.69, 9.17) is 0 Å². The monoisotopic (exact) mass is 235 g/mol. The molecule has 5 nitrogen and oxygen atoms in total. The molecule has 1 aliphatic heterocycles. The van der Waals surface area contributed by atoms with Crippen LogP contribution in [0.1, 0.15) is 35.1 Å². The average molecular weight is 235 g/mol. The van der Waals surface area contributed by atoms with E-state index in [0.29, 0.717) is 30.8 Å². The average Bonchev–Trinajstić information content (AvgIpc) is 2.61. The summed E-state index contributed by atoms with van der Waals surface area (Å²) in [6.45, 7) is 6.31. The Morgan fingerprint density at radius 3 is 2.76 bits per heavy atom. The molecule has 92 valence electrons. The largest absolute Gasteiger partial charge is 0.388 e. The maximum atomic E-state index is 12.3. The van der Waals surface area contributed by atoms with Crippen molar-refractivity contribution >= 4 is 5.91 Å². The molecule has 1 N–H and O–H groups in total. The number of aliphatic hydroxyl groups is 1. The summed E-state index contributed by atoms with van der Waals surface area (Å²) in [5, 5.41) is 17.7. The summed E-state index contributed by atoms with van der Waals surface area (Å²) in [6.07, 6.45) is 0.620. The zero-order chi connectivity index (χ0) is 12.6. The fraction of sp³-hybridized carbons (Fsp3) is 0.583. The molecule has 0 spiro atoms. The molecule has 0 aromatic carbocycles. The highest BCUT2D eigenvalue weighted by Gasteiger charge is 2.34. The quantitative estimate of drug-likeness (QED) is 0.777. The Hall–Kier alpha value is -1.49. The number of rotatable bonds is 1. The van der Waals surface area contributed by atoms with Gasteiger partial charge in [0.15, 0.2) is 0 Å². The van der Waals surface area contributed by atoms with Crippen LogP contribution in [0.4, 0.5) is 0 Å². The zero-order valence-corrected chi connectivity index (χ0v) is 10.4. The van der Waals surface area contributed by atoms with Crippen LogP contribution in [0.25, 0.3) is 0 Å². The highest BCUT2D eigenvalue weighted by atomic mass is 16.3. The second kappa shape index (κ2) is 4.07. The first kappa shape index (κ1) is 12.0. The standard InChI is InChI=1S/C12H17N3O2/c1-8-6-10(9(2)14-13-8)11(16)15-5-4-12(3,17)7-15/h6,17H,4-5,7H2,1-3H3. The Bertz CT molecular complexity index is 457. The summed E-state index contributed by atoms with van der Waals surface area (Å²) < 4.78 is 0. The summed E-state index contributed by atoms with van der Waals surface area (Å²) >= 11 is 0. The first-order valence-electron chi connectivity index (χ1n) is 5.72. The minimum atomic E-state index is -0.765. The summed E-state index contributed by atoms with van der Waals surface area (Å²) in [7, 11) is 0. The molecule has 1 saturated heterocycles. The first-order valence-corrected chi connectivity index (χ1v) is 5.72. The third kappa shape index (κ3) is 2.44. The molecule has 1 amide bonds. The van der Waals surface area contributed by atoms with Gasteiger partial charge in [0.1, 0.15) is 0 Å². The van der Waals surface area contributed by atoms with Gasteiger partial charge in [-0.1, -0.05) is 0 Å². The van der Waals surface area contributed by atoms with Crippen LogP contribution in [0.3, 0.4) is 0 Å². The molecule has 0 bridgehead atoms. The van der Waals surface area contributed by atoms with E-state index in [1.54, 1.807) is 24.8 Å². The number of carbonyl (C=O) groups is 1. The maximum absolute atomic E-state index is 12.3.